The number of hydrogen-bond acceptors (Lipinski definition) is 2. The summed E-state index contributed by atoms with van der Waals surface area (Å²) in [6, 6.07) is 3.39. The van der Waals surface area contributed by atoms with Gasteiger partial charge in [0.05, 0.1) is 5.88 Å². The van der Waals surface area contributed by atoms with Crippen LogP contribution in [0.15, 0.2) is 28.2 Å². The van der Waals surface area contributed by atoms with Crippen molar-refractivity contribution in [3.05, 3.63) is 35.3 Å². The maximum absolute atomic E-state index is 11.7. The van der Waals surface area contributed by atoms with E-state index >= 15 is 0 Å². The lowest BCUT2D eigenvalue weighted by atomic mass is 9.97. The van der Waals surface area contributed by atoms with Gasteiger partial charge in [0.2, 0.25) is 0 Å². The van der Waals surface area contributed by atoms with Gasteiger partial charge in [0.25, 0.3) is 5.91 Å². The van der Waals surface area contributed by atoms with E-state index in [1.54, 1.807) is 12.1 Å². The average Bonchev–Trinajstić information content (AvgIpc) is 2.89. The quantitative estimate of drug-likeness (QED) is 0.654. The molecule has 0 aliphatic heterocycles. The highest BCUT2D eigenvalue weighted by atomic mass is 35.5. The monoisotopic (exact) mass is 267 g/mol. The Morgan fingerprint density at radius 1 is 1.39 bits per heavy atom. The number of alkyl halides is 1. The largest absolute Gasteiger partial charge is 0.455 e. The molecule has 2 rings (SSSR count). The van der Waals surface area contributed by atoms with Crippen molar-refractivity contribution in [1.82, 2.24) is 5.32 Å². The third-order valence-electron chi connectivity index (χ3n) is 3.13. The van der Waals surface area contributed by atoms with Crippen LogP contribution in [0.3, 0.4) is 0 Å². The van der Waals surface area contributed by atoms with E-state index in [4.69, 9.17) is 16.0 Å². The second kappa shape index (κ2) is 6.64. The van der Waals surface area contributed by atoms with Gasteiger partial charge in [-0.1, -0.05) is 11.6 Å². The van der Waals surface area contributed by atoms with E-state index in [2.05, 4.69) is 11.4 Å². The van der Waals surface area contributed by atoms with Gasteiger partial charge in [0, 0.05) is 6.54 Å². The minimum atomic E-state index is -0.164. The zero-order valence-electron chi connectivity index (χ0n) is 10.4. The second-order valence-electron chi connectivity index (χ2n) is 4.51. The van der Waals surface area contributed by atoms with Crippen LogP contribution >= 0.6 is 11.6 Å². The fourth-order valence-corrected chi connectivity index (χ4v) is 2.27. The number of rotatable bonds is 5. The molecule has 0 bridgehead atoms. The number of halogens is 1. The van der Waals surface area contributed by atoms with Gasteiger partial charge in [-0.2, -0.15) is 0 Å². The number of carbonyl (C=O) groups is 1. The number of furan rings is 1. The summed E-state index contributed by atoms with van der Waals surface area (Å²) in [5.41, 5.74) is 1.46. The van der Waals surface area contributed by atoms with E-state index in [-0.39, 0.29) is 5.91 Å². The van der Waals surface area contributed by atoms with Crippen molar-refractivity contribution in [2.75, 3.05) is 6.54 Å². The molecule has 0 spiro atoms. The fourth-order valence-electron chi connectivity index (χ4n) is 2.13. The molecule has 1 heterocycles. The van der Waals surface area contributed by atoms with E-state index in [0.29, 0.717) is 23.9 Å². The molecule has 0 radical (unpaired) electrons. The summed E-state index contributed by atoms with van der Waals surface area (Å²) >= 11 is 5.62. The van der Waals surface area contributed by atoms with E-state index in [0.717, 1.165) is 6.42 Å². The standard InChI is InChI=1S/C14H18ClNO2/c15-10-12-6-7-13(18-12)14(17)16-9-8-11-4-2-1-3-5-11/h4,6-7H,1-3,5,8-10H2,(H,16,17). The molecule has 18 heavy (non-hydrogen) atoms. The lowest BCUT2D eigenvalue weighted by molar-refractivity contribution is 0.0925. The predicted octanol–water partition coefficient (Wildman–Crippen LogP) is 3.64. The molecular formula is C14H18ClNO2. The van der Waals surface area contributed by atoms with E-state index < -0.39 is 0 Å². The highest BCUT2D eigenvalue weighted by Gasteiger charge is 2.10. The van der Waals surface area contributed by atoms with Crippen molar-refractivity contribution < 1.29 is 9.21 Å². The molecular weight excluding hydrogens is 250 g/mol. The van der Waals surface area contributed by atoms with E-state index in [1.807, 2.05) is 0 Å². The molecule has 1 N–H and O–H groups in total. The molecule has 0 aromatic carbocycles. The van der Waals surface area contributed by atoms with Crippen molar-refractivity contribution in [3.63, 3.8) is 0 Å². The zero-order valence-corrected chi connectivity index (χ0v) is 11.1. The Labute approximate surface area is 112 Å². The Morgan fingerprint density at radius 3 is 2.94 bits per heavy atom. The lowest BCUT2D eigenvalue weighted by Gasteiger charge is -2.12. The topological polar surface area (TPSA) is 42.2 Å². The first-order chi connectivity index (χ1) is 8.79. The molecule has 0 saturated heterocycles. The Morgan fingerprint density at radius 2 is 2.28 bits per heavy atom. The van der Waals surface area contributed by atoms with Gasteiger partial charge in [0.1, 0.15) is 5.76 Å². The zero-order chi connectivity index (χ0) is 12.8. The summed E-state index contributed by atoms with van der Waals surface area (Å²) in [6.07, 6.45) is 8.16. The van der Waals surface area contributed by atoms with Gasteiger partial charge in [0.15, 0.2) is 5.76 Å². The maximum atomic E-state index is 11.7. The van der Waals surface area contributed by atoms with Crippen LogP contribution in [0.25, 0.3) is 0 Å². The molecule has 1 aliphatic rings. The average molecular weight is 268 g/mol. The van der Waals surface area contributed by atoms with Gasteiger partial charge in [-0.3, -0.25) is 4.79 Å². The van der Waals surface area contributed by atoms with Crippen LogP contribution in [0.1, 0.15) is 48.4 Å². The predicted molar refractivity (Wildman–Crippen MR) is 71.8 cm³/mol. The highest BCUT2D eigenvalue weighted by Crippen LogP contribution is 2.19. The SMILES string of the molecule is O=C(NCCC1=CCCCC1)c1ccc(CCl)o1. The minimum absolute atomic E-state index is 0.164. The molecule has 0 atom stereocenters. The molecule has 0 unspecified atom stereocenters. The summed E-state index contributed by atoms with van der Waals surface area (Å²) in [6.45, 7) is 0.668. The molecule has 1 aliphatic carbocycles. The Balaban J connectivity index is 1.76. The van der Waals surface area contributed by atoms with Crippen LogP contribution in [-0.4, -0.2) is 12.5 Å². The molecule has 1 aromatic rings. The van der Waals surface area contributed by atoms with Crippen molar-refractivity contribution in [2.24, 2.45) is 0 Å². The molecule has 98 valence electrons. The van der Waals surface area contributed by atoms with Crippen molar-refractivity contribution >= 4 is 17.5 Å². The Bertz CT molecular complexity index is 437. The van der Waals surface area contributed by atoms with Crippen molar-refractivity contribution in [3.8, 4) is 0 Å². The number of nitrogens with one attached hydrogen (secondary N) is 1. The van der Waals surface area contributed by atoms with Crippen LogP contribution in [0, 0.1) is 0 Å². The van der Waals surface area contributed by atoms with Gasteiger partial charge >= 0.3 is 0 Å². The third kappa shape index (κ3) is 3.64. The second-order valence-corrected chi connectivity index (χ2v) is 4.78. The Hall–Kier alpha value is -1.22. The number of allylic oxidation sites excluding steroid dienone is 1. The van der Waals surface area contributed by atoms with Crippen LogP contribution < -0.4 is 5.32 Å². The molecule has 3 nitrogen and oxygen atoms in total. The molecule has 1 amide bonds. The first-order valence-corrected chi connectivity index (χ1v) is 6.94. The maximum Gasteiger partial charge on any atom is 0.287 e. The first-order valence-electron chi connectivity index (χ1n) is 6.40. The van der Waals surface area contributed by atoms with E-state index in [1.165, 1.54) is 31.3 Å². The smallest absolute Gasteiger partial charge is 0.287 e. The fraction of sp³-hybridized carbons (Fsp3) is 0.500. The lowest BCUT2D eigenvalue weighted by Crippen LogP contribution is -2.24. The molecule has 4 heteroatoms. The van der Waals surface area contributed by atoms with Gasteiger partial charge < -0.3 is 9.73 Å². The van der Waals surface area contributed by atoms with Crippen LogP contribution in [0.2, 0.25) is 0 Å². The van der Waals surface area contributed by atoms with Crippen molar-refractivity contribution in [2.45, 2.75) is 38.0 Å². The summed E-state index contributed by atoms with van der Waals surface area (Å²) in [4.78, 5) is 11.7. The number of amides is 1. The minimum Gasteiger partial charge on any atom is -0.455 e. The van der Waals surface area contributed by atoms with Crippen LogP contribution in [0.5, 0.6) is 0 Å². The van der Waals surface area contributed by atoms with Crippen LogP contribution in [0.4, 0.5) is 0 Å². The molecule has 1 aromatic heterocycles. The number of carbonyl (C=O) groups excluding carboxylic acids is 1. The third-order valence-corrected chi connectivity index (χ3v) is 3.40. The van der Waals surface area contributed by atoms with Crippen molar-refractivity contribution in [1.29, 1.82) is 0 Å². The summed E-state index contributed by atoms with van der Waals surface area (Å²) in [5, 5.41) is 2.87. The number of hydrogen-bond donors (Lipinski definition) is 1. The Kier molecular flexibility index (Phi) is 4.88. The van der Waals surface area contributed by atoms with E-state index in [9.17, 15) is 4.79 Å². The first kappa shape index (κ1) is 13.2. The molecule has 0 saturated carbocycles. The normalized spacial score (nSPS) is 15.3. The highest BCUT2D eigenvalue weighted by molar-refractivity contribution is 6.16. The van der Waals surface area contributed by atoms with Crippen LogP contribution in [-0.2, 0) is 5.88 Å². The molecule has 0 fully saturated rings. The van der Waals surface area contributed by atoms with Gasteiger partial charge in [-0.15, -0.1) is 11.6 Å². The summed E-state index contributed by atoms with van der Waals surface area (Å²) in [5.74, 6) is 1.09. The summed E-state index contributed by atoms with van der Waals surface area (Å²) in [7, 11) is 0. The van der Waals surface area contributed by atoms with Gasteiger partial charge in [-0.05, 0) is 44.2 Å². The van der Waals surface area contributed by atoms with Gasteiger partial charge in [-0.25, -0.2) is 0 Å². The summed E-state index contributed by atoms with van der Waals surface area (Å²) < 4.78 is 5.28.